The Kier molecular flexibility index (Phi) is 3.79. The summed E-state index contributed by atoms with van der Waals surface area (Å²) in [5.74, 6) is -0.438. The Balaban J connectivity index is 2.23. The first-order valence-electron chi connectivity index (χ1n) is 5.85. The molecule has 2 rings (SSSR count). The molecule has 19 heavy (non-hydrogen) atoms. The third-order valence-electron chi connectivity index (χ3n) is 2.52. The van der Waals surface area contributed by atoms with Gasteiger partial charge in [-0.1, -0.05) is 12.1 Å². The predicted octanol–water partition coefficient (Wildman–Crippen LogP) is 1.83. The van der Waals surface area contributed by atoms with Gasteiger partial charge in [-0.2, -0.15) is 5.10 Å². The first-order chi connectivity index (χ1) is 9.10. The maximum absolute atomic E-state index is 13.1. The number of anilines is 1. The average Bonchev–Trinajstić information content (AvgIpc) is 2.71. The highest BCUT2D eigenvalue weighted by atomic mass is 19.1. The maximum atomic E-state index is 13.1. The molecule has 0 saturated carbocycles. The summed E-state index contributed by atoms with van der Waals surface area (Å²) in [5.41, 5.74) is 6.88. The molecule has 5 nitrogen and oxygen atoms in total. The molecule has 0 saturated heterocycles. The van der Waals surface area contributed by atoms with E-state index in [9.17, 15) is 9.18 Å². The number of nitrogens with two attached hydrogens (primary N) is 1. The molecular formula is C13H14FN3O2. The van der Waals surface area contributed by atoms with E-state index < -0.39 is 5.97 Å². The van der Waals surface area contributed by atoms with Crippen LogP contribution in [-0.4, -0.2) is 22.4 Å². The van der Waals surface area contributed by atoms with E-state index in [1.807, 2.05) is 0 Å². The third kappa shape index (κ3) is 3.09. The van der Waals surface area contributed by atoms with Gasteiger partial charge in [-0.3, -0.25) is 4.79 Å². The summed E-state index contributed by atoms with van der Waals surface area (Å²) in [6.45, 7) is 1.97. The largest absolute Gasteiger partial charge is 0.465 e. The van der Waals surface area contributed by atoms with Crippen molar-refractivity contribution in [3.05, 3.63) is 36.1 Å². The molecule has 0 aliphatic rings. The summed E-state index contributed by atoms with van der Waals surface area (Å²) in [6, 6.07) is 7.61. The van der Waals surface area contributed by atoms with Crippen molar-refractivity contribution in [2.24, 2.45) is 0 Å². The van der Waals surface area contributed by atoms with Crippen LogP contribution in [0.1, 0.15) is 6.92 Å². The van der Waals surface area contributed by atoms with Crippen LogP contribution in [0.2, 0.25) is 0 Å². The Morgan fingerprint density at radius 1 is 1.47 bits per heavy atom. The summed E-state index contributed by atoms with van der Waals surface area (Å²) in [4.78, 5) is 11.4. The zero-order valence-corrected chi connectivity index (χ0v) is 10.5. The zero-order valence-electron chi connectivity index (χ0n) is 10.5. The van der Waals surface area contributed by atoms with Crippen molar-refractivity contribution in [3.8, 4) is 11.3 Å². The smallest absolute Gasteiger partial charge is 0.327 e. The minimum atomic E-state index is -0.414. The van der Waals surface area contributed by atoms with Gasteiger partial charge in [-0.05, 0) is 19.1 Å². The van der Waals surface area contributed by atoms with E-state index >= 15 is 0 Å². The first kappa shape index (κ1) is 13.1. The maximum Gasteiger partial charge on any atom is 0.327 e. The second kappa shape index (κ2) is 5.51. The summed E-state index contributed by atoms with van der Waals surface area (Å²) >= 11 is 0. The van der Waals surface area contributed by atoms with Gasteiger partial charge in [0.15, 0.2) is 0 Å². The topological polar surface area (TPSA) is 70.1 Å². The number of rotatable bonds is 4. The third-order valence-corrected chi connectivity index (χ3v) is 2.52. The van der Waals surface area contributed by atoms with Gasteiger partial charge in [0.1, 0.15) is 18.2 Å². The minimum absolute atomic E-state index is 0.0605. The molecule has 0 spiro atoms. The van der Waals surface area contributed by atoms with Crippen molar-refractivity contribution < 1.29 is 13.9 Å². The van der Waals surface area contributed by atoms with Crippen LogP contribution >= 0.6 is 0 Å². The van der Waals surface area contributed by atoms with Crippen LogP contribution < -0.4 is 5.73 Å². The van der Waals surface area contributed by atoms with Crippen LogP contribution in [0.25, 0.3) is 11.3 Å². The number of carbonyl (C=O) groups excluding carboxylic acids is 1. The Hall–Kier alpha value is -2.37. The van der Waals surface area contributed by atoms with E-state index in [0.29, 0.717) is 23.7 Å². The molecule has 0 unspecified atom stereocenters. The molecule has 2 N–H and O–H groups in total. The number of esters is 1. The van der Waals surface area contributed by atoms with Crippen LogP contribution in [0.4, 0.5) is 10.2 Å². The monoisotopic (exact) mass is 263 g/mol. The molecule has 0 aliphatic carbocycles. The second-order valence-electron chi connectivity index (χ2n) is 3.93. The van der Waals surface area contributed by atoms with Crippen molar-refractivity contribution in [2.75, 3.05) is 12.3 Å². The standard InChI is InChI=1S/C13H14FN3O2/c1-2-19-13(18)8-17-12(15)7-11(16-17)9-4-3-5-10(14)6-9/h3-7H,2,8,15H2,1H3. The number of carbonyl (C=O) groups is 1. The lowest BCUT2D eigenvalue weighted by atomic mass is 10.1. The van der Waals surface area contributed by atoms with Gasteiger partial charge in [0, 0.05) is 11.6 Å². The van der Waals surface area contributed by atoms with Crippen LogP contribution in [0.5, 0.6) is 0 Å². The van der Waals surface area contributed by atoms with Crippen LogP contribution in [-0.2, 0) is 16.1 Å². The highest BCUT2D eigenvalue weighted by molar-refractivity contribution is 5.70. The van der Waals surface area contributed by atoms with Gasteiger partial charge in [0.25, 0.3) is 0 Å². The van der Waals surface area contributed by atoms with Gasteiger partial charge in [-0.15, -0.1) is 0 Å². The summed E-state index contributed by atoms with van der Waals surface area (Å²) in [6.07, 6.45) is 0. The molecule has 0 amide bonds. The number of hydrogen-bond donors (Lipinski definition) is 1. The molecule has 0 aliphatic heterocycles. The zero-order chi connectivity index (χ0) is 13.8. The van der Waals surface area contributed by atoms with Crippen molar-refractivity contribution >= 4 is 11.8 Å². The second-order valence-corrected chi connectivity index (χ2v) is 3.93. The van der Waals surface area contributed by atoms with Crippen LogP contribution in [0.15, 0.2) is 30.3 Å². The first-order valence-corrected chi connectivity index (χ1v) is 5.85. The Morgan fingerprint density at radius 2 is 2.26 bits per heavy atom. The lowest BCUT2D eigenvalue weighted by Crippen LogP contribution is -2.16. The van der Waals surface area contributed by atoms with E-state index in [4.69, 9.17) is 10.5 Å². The molecule has 0 radical (unpaired) electrons. The Labute approximate surface area is 109 Å². The molecular weight excluding hydrogens is 249 g/mol. The van der Waals surface area contributed by atoms with Crippen molar-refractivity contribution in [1.29, 1.82) is 0 Å². The molecule has 2 aromatic rings. The molecule has 6 heteroatoms. The number of ether oxygens (including phenoxy) is 1. The molecule has 0 bridgehead atoms. The fourth-order valence-corrected chi connectivity index (χ4v) is 1.68. The molecule has 0 fully saturated rings. The van der Waals surface area contributed by atoms with E-state index in [1.54, 1.807) is 25.1 Å². The number of nitrogens with zero attached hydrogens (tertiary/aromatic N) is 2. The van der Waals surface area contributed by atoms with Gasteiger partial charge in [0.05, 0.1) is 12.3 Å². The fourth-order valence-electron chi connectivity index (χ4n) is 1.68. The van der Waals surface area contributed by atoms with Crippen LogP contribution in [0, 0.1) is 5.82 Å². The quantitative estimate of drug-likeness (QED) is 0.854. The normalized spacial score (nSPS) is 10.4. The predicted molar refractivity (Wildman–Crippen MR) is 68.7 cm³/mol. The number of hydrogen-bond acceptors (Lipinski definition) is 4. The van der Waals surface area contributed by atoms with Gasteiger partial charge >= 0.3 is 5.97 Å². The Bertz CT molecular complexity index is 595. The van der Waals surface area contributed by atoms with Crippen molar-refractivity contribution in [1.82, 2.24) is 9.78 Å². The molecule has 1 aromatic carbocycles. The highest BCUT2D eigenvalue weighted by Gasteiger charge is 2.11. The van der Waals surface area contributed by atoms with Crippen LogP contribution in [0.3, 0.4) is 0 Å². The van der Waals surface area contributed by atoms with Crippen molar-refractivity contribution in [2.45, 2.75) is 13.5 Å². The molecule has 100 valence electrons. The average molecular weight is 263 g/mol. The number of benzene rings is 1. The van der Waals surface area contributed by atoms with E-state index in [-0.39, 0.29) is 12.4 Å². The lowest BCUT2D eigenvalue weighted by molar-refractivity contribution is -0.143. The minimum Gasteiger partial charge on any atom is -0.465 e. The summed E-state index contributed by atoms with van der Waals surface area (Å²) in [5, 5.41) is 4.17. The molecule has 1 aromatic heterocycles. The molecule has 0 atom stereocenters. The highest BCUT2D eigenvalue weighted by Crippen LogP contribution is 2.21. The van der Waals surface area contributed by atoms with E-state index in [2.05, 4.69) is 5.10 Å². The number of nitrogen functional groups attached to an aromatic ring is 1. The number of halogens is 1. The number of aromatic nitrogens is 2. The lowest BCUT2D eigenvalue weighted by Gasteiger charge is -2.03. The summed E-state index contributed by atoms with van der Waals surface area (Å²) in [7, 11) is 0. The molecule has 1 heterocycles. The summed E-state index contributed by atoms with van der Waals surface area (Å²) < 4.78 is 19.3. The van der Waals surface area contributed by atoms with E-state index in [1.165, 1.54) is 16.8 Å². The van der Waals surface area contributed by atoms with Gasteiger partial charge < -0.3 is 10.5 Å². The van der Waals surface area contributed by atoms with Gasteiger partial charge in [0.2, 0.25) is 0 Å². The van der Waals surface area contributed by atoms with E-state index in [0.717, 1.165) is 0 Å². The fraction of sp³-hybridized carbons (Fsp3) is 0.231. The van der Waals surface area contributed by atoms with Gasteiger partial charge in [-0.25, -0.2) is 9.07 Å². The Morgan fingerprint density at radius 3 is 2.95 bits per heavy atom. The SMILES string of the molecule is CCOC(=O)Cn1nc(-c2cccc(F)c2)cc1N. The van der Waals surface area contributed by atoms with Crippen molar-refractivity contribution in [3.63, 3.8) is 0 Å².